The summed E-state index contributed by atoms with van der Waals surface area (Å²) in [6.07, 6.45) is 0. The van der Waals surface area contributed by atoms with Gasteiger partial charge < -0.3 is 0 Å². The summed E-state index contributed by atoms with van der Waals surface area (Å²) in [5.74, 6) is 0.745. The first kappa shape index (κ1) is 15.4. The van der Waals surface area contributed by atoms with Gasteiger partial charge in [0, 0.05) is 10.4 Å². The van der Waals surface area contributed by atoms with Crippen LogP contribution in [0.4, 0.5) is 0 Å². The molecule has 0 unspecified atom stereocenters. The highest BCUT2D eigenvalue weighted by molar-refractivity contribution is 9.10. The van der Waals surface area contributed by atoms with E-state index < -0.39 is 0 Å². The largest absolute Gasteiger partial charge is 0.223 e. The van der Waals surface area contributed by atoms with Gasteiger partial charge in [-0.15, -0.1) is 5.10 Å². The highest BCUT2D eigenvalue weighted by Gasteiger charge is 2.22. The predicted octanol–water partition coefficient (Wildman–Crippen LogP) is 3.98. The van der Waals surface area contributed by atoms with Crippen LogP contribution in [0.25, 0.3) is 11.2 Å². The number of rotatable bonds is 2. The van der Waals surface area contributed by atoms with Crippen molar-refractivity contribution in [3.63, 3.8) is 0 Å². The van der Waals surface area contributed by atoms with Gasteiger partial charge in [0.1, 0.15) is 10.4 Å². The average Bonchev–Trinajstić information content (AvgIpc) is 2.84. The summed E-state index contributed by atoms with van der Waals surface area (Å²) in [6.45, 7) is 6.73. The number of nitrogens with zero attached hydrogens (tertiary/aromatic N) is 5. The van der Waals surface area contributed by atoms with Gasteiger partial charge in [0.2, 0.25) is 0 Å². The second-order valence-electron chi connectivity index (χ2n) is 6.10. The van der Waals surface area contributed by atoms with E-state index in [-0.39, 0.29) is 5.41 Å². The van der Waals surface area contributed by atoms with E-state index in [1.807, 2.05) is 24.3 Å². The zero-order valence-corrected chi connectivity index (χ0v) is 14.9. The molecule has 0 aliphatic heterocycles. The van der Waals surface area contributed by atoms with Crippen LogP contribution in [0.15, 0.2) is 28.9 Å². The molecule has 0 aliphatic carbocycles. The summed E-state index contributed by atoms with van der Waals surface area (Å²) in [6, 6.07) is 7.69. The minimum Gasteiger partial charge on any atom is -0.223 e. The van der Waals surface area contributed by atoms with Crippen LogP contribution < -0.4 is 0 Å². The van der Waals surface area contributed by atoms with Gasteiger partial charge in [0.05, 0.1) is 6.54 Å². The summed E-state index contributed by atoms with van der Waals surface area (Å²) >= 11 is 9.68. The summed E-state index contributed by atoms with van der Waals surface area (Å²) in [5.41, 5.74) is 2.17. The fraction of sp³-hybridized carbons (Fsp3) is 0.333. The van der Waals surface area contributed by atoms with Crippen molar-refractivity contribution in [1.29, 1.82) is 0 Å². The first-order chi connectivity index (χ1) is 10.4. The second kappa shape index (κ2) is 5.59. The van der Waals surface area contributed by atoms with Gasteiger partial charge in [0.25, 0.3) is 0 Å². The lowest BCUT2D eigenvalue weighted by Crippen LogP contribution is -2.17. The number of hydrogen-bond acceptors (Lipinski definition) is 4. The van der Waals surface area contributed by atoms with Crippen LogP contribution in [0, 0.1) is 0 Å². The molecule has 2 aromatic heterocycles. The second-order valence-corrected chi connectivity index (χ2v) is 7.26. The van der Waals surface area contributed by atoms with Crippen molar-refractivity contribution in [1.82, 2.24) is 25.0 Å². The Morgan fingerprint density at radius 2 is 1.91 bits per heavy atom. The lowest BCUT2D eigenvalue weighted by Gasteiger charge is -2.16. The molecule has 0 bridgehead atoms. The molecule has 7 heteroatoms. The molecule has 0 spiro atoms. The molecular weight excluding hydrogens is 366 g/mol. The normalized spacial score (nSPS) is 12.0. The zero-order valence-electron chi connectivity index (χ0n) is 12.5. The van der Waals surface area contributed by atoms with E-state index in [0.717, 1.165) is 11.4 Å². The Bertz CT molecular complexity index is 838. The van der Waals surface area contributed by atoms with E-state index in [2.05, 4.69) is 57.0 Å². The molecule has 0 atom stereocenters. The van der Waals surface area contributed by atoms with Gasteiger partial charge in [-0.2, -0.15) is 0 Å². The first-order valence-electron chi connectivity index (χ1n) is 6.87. The molecule has 0 saturated heterocycles. The van der Waals surface area contributed by atoms with Crippen molar-refractivity contribution in [3.8, 4) is 0 Å². The van der Waals surface area contributed by atoms with Gasteiger partial charge >= 0.3 is 0 Å². The van der Waals surface area contributed by atoms with Crippen molar-refractivity contribution >= 4 is 38.7 Å². The van der Waals surface area contributed by atoms with E-state index in [0.29, 0.717) is 27.3 Å². The summed E-state index contributed by atoms with van der Waals surface area (Å²) in [4.78, 5) is 9.12. The Balaban J connectivity index is 2.11. The molecule has 3 rings (SSSR count). The minimum atomic E-state index is -0.157. The number of aromatic nitrogens is 5. The standard InChI is InChI=1S/C15H15BrClN5/c1-15(2,3)14-18-12(16)11-13(19-14)22(21-20-11)8-9-6-4-5-7-10(9)17/h4-7H,8H2,1-3H3. The van der Waals surface area contributed by atoms with Crippen LogP contribution in [0.5, 0.6) is 0 Å². The van der Waals surface area contributed by atoms with E-state index in [4.69, 9.17) is 11.6 Å². The Hall–Kier alpha value is -1.53. The highest BCUT2D eigenvalue weighted by atomic mass is 79.9. The summed E-state index contributed by atoms with van der Waals surface area (Å²) in [7, 11) is 0. The van der Waals surface area contributed by atoms with Crippen molar-refractivity contribution < 1.29 is 0 Å². The van der Waals surface area contributed by atoms with E-state index in [1.54, 1.807) is 4.68 Å². The van der Waals surface area contributed by atoms with E-state index >= 15 is 0 Å². The molecule has 114 valence electrons. The smallest absolute Gasteiger partial charge is 0.183 e. The zero-order chi connectivity index (χ0) is 15.9. The molecule has 0 saturated carbocycles. The highest BCUT2D eigenvalue weighted by Crippen LogP contribution is 2.25. The third-order valence-corrected chi connectivity index (χ3v) is 4.19. The van der Waals surface area contributed by atoms with Crippen LogP contribution in [0.1, 0.15) is 32.2 Å². The van der Waals surface area contributed by atoms with E-state index in [1.165, 1.54) is 0 Å². The SMILES string of the molecule is CC(C)(C)c1nc(Br)c2nnn(Cc3ccccc3Cl)c2n1. The molecule has 0 fully saturated rings. The first-order valence-corrected chi connectivity index (χ1v) is 8.04. The van der Waals surface area contributed by atoms with Crippen LogP contribution in [0.3, 0.4) is 0 Å². The maximum atomic E-state index is 6.22. The van der Waals surface area contributed by atoms with Gasteiger partial charge in [-0.1, -0.05) is 55.8 Å². The molecule has 5 nitrogen and oxygen atoms in total. The number of benzene rings is 1. The van der Waals surface area contributed by atoms with Crippen molar-refractivity contribution in [3.05, 3.63) is 45.3 Å². The quantitative estimate of drug-likeness (QED) is 0.631. The third-order valence-electron chi connectivity index (χ3n) is 3.27. The molecule has 0 N–H and O–H groups in total. The fourth-order valence-electron chi connectivity index (χ4n) is 2.05. The summed E-state index contributed by atoms with van der Waals surface area (Å²) in [5, 5.41) is 9.06. The number of halogens is 2. The maximum Gasteiger partial charge on any atom is 0.183 e. The lowest BCUT2D eigenvalue weighted by atomic mass is 9.96. The number of hydrogen-bond donors (Lipinski definition) is 0. The topological polar surface area (TPSA) is 56.5 Å². The molecular formula is C15H15BrClN5. The average molecular weight is 381 g/mol. The van der Waals surface area contributed by atoms with Gasteiger partial charge in [0.15, 0.2) is 11.2 Å². The van der Waals surface area contributed by atoms with Crippen molar-refractivity contribution in [2.24, 2.45) is 0 Å². The van der Waals surface area contributed by atoms with Gasteiger partial charge in [-0.3, -0.25) is 0 Å². The van der Waals surface area contributed by atoms with Crippen LogP contribution in [0.2, 0.25) is 5.02 Å². The third kappa shape index (κ3) is 2.85. The van der Waals surface area contributed by atoms with Crippen LogP contribution >= 0.6 is 27.5 Å². The Morgan fingerprint density at radius 3 is 2.59 bits per heavy atom. The maximum absolute atomic E-state index is 6.22. The molecule has 3 aromatic rings. The molecule has 2 heterocycles. The molecule has 0 aliphatic rings. The van der Waals surface area contributed by atoms with E-state index in [9.17, 15) is 0 Å². The molecule has 1 aromatic carbocycles. The molecule has 22 heavy (non-hydrogen) atoms. The minimum absolute atomic E-state index is 0.157. The number of fused-ring (bicyclic) bond motifs is 1. The Labute approximate surface area is 141 Å². The van der Waals surface area contributed by atoms with Crippen molar-refractivity contribution in [2.75, 3.05) is 0 Å². The molecule has 0 radical (unpaired) electrons. The fourth-order valence-corrected chi connectivity index (χ4v) is 2.67. The summed E-state index contributed by atoms with van der Waals surface area (Å²) < 4.78 is 2.41. The van der Waals surface area contributed by atoms with Crippen molar-refractivity contribution in [2.45, 2.75) is 32.7 Å². The Kier molecular flexibility index (Phi) is 3.91. The Morgan fingerprint density at radius 1 is 1.18 bits per heavy atom. The predicted molar refractivity (Wildman–Crippen MR) is 90.1 cm³/mol. The van der Waals surface area contributed by atoms with Gasteiger partial charge in [-0.05, 0) is 27.6 Å². The van der Waals surface area contributed by atoms with Crippen LogP contribution in [-0.2, 0) is 12.0 Å². The monoisotopic (exact) mass is 379 g/mol. The van der Waals surface area contributed by atoms with Crippen LogP contribution in [-0.4, -0.2) is 25.0 Å². The van der Waals surface area contributed by atoms with Gasteiger partial charge in [-0.25, -0.2) is 14.6 Å². The molecule has 0 amide bonds. The lowest BCUT2D eigenvalue weighted by molar-refractivity contribution is 0.544.